The highest BCUT2D eigenvalue weighted by molar-refractivity contribution is 9.10. The van der Waals surface area contributed by atoms with Crippen LogP contribution in [-0.4, -0.2) is 12.1 Å². The molecule has 1 fully saturated rings. The Morgan fingerprint density at radius 2 is 2.06 bits per heavy atom. The molecule has 0 aromatic heterocycles. The van der Waals surface area contributed by atoms with Gasteiger partial charge in [0.2, 0.25) is 0 Å². The number of carbonyl (C=O) groups is 1. The SMILES string of the molecule is Cc1cc(Br)c(NC(=O)NC2CCCC2)cc1Cl. The number of benzene rings is 1. The van der Waals surface area contributed by atoms with E-state index in [1.165, 1.54) is 12.8 Å². The molecule has 2 amide bonds. The van der Waals surface area contributed by atoms with E-state index in [9.17, 15) is 4.79 Å². The summed E-state index contributed by atoms with van der Waals surface area (Å²) in [6.45, 7) is 1.93. The van der Waals surface area contributed by atoms with Crippen molar-refractivity contribution in [3.63, 3.8) is 0 Å². The molecule has 0 radical (unpaired) electrons. The number of halogens is 2. The fraction of sp³-hybridized carbons (Fsp3) is 0.462. The molecule has 0 bridgehead atoms. The number of carbonyl (C=O) groups excluding carboxylic acids is 1. The van der Waals surface area contributed by atoms with E-state index in [0.29, 0.717) is 16.8 Å². The van der Waals surface area contributed by atoms with E-state index < -0.39 is 0 Å². The van der Waals surface area contributed by atoms with Gasteiger partial charge in [0.25, 0.3) is 0 Å². The minimum absolute atomic E-state index is 0.164. The van der Waals surface area contributed by atoms with Crippen molar-refractivity contribution in [2.45, 2.75) is 38.6 Å². The smallest absolute Gasteiger partial charge is 0.319 e. The van der Waals surface area contributed by atoms with E-state index in [2.05, 4.69) is 26.6 Å². The zero-order valence-corrected chi connectivity index (χ0v) is 12.6. The summed E-state index contributed by atoms with van der Waals surface area (Å²) < 4.78 is 0.839. The van der Waals surface area contributed by atoms with E-state index in [1.807, 2.05) is 13.0 Å². The fourth-order valence-corrected chi connectivity index (χ4v) is 2.88. The molecule has 2 rings (SSSR count). The average Bonchev–Trinajstić information content (AvgIpc) is 2.78. The maximum atomic E-state index is 11.8. The first-order valence-corrected chi connectivity index (χ1v) is 7.26. The monoisotopic (exact) mass is 330 g/mol. The van der Waals surface area contributed by atoms with Crippen LogP contribution < -0.4 is 10.6 Å². The van der Waals surface area contributed by atoms with Crippen molar-refractivity contribution < 1.29 is 4.79 Å². The van der Waals surface area contributed by atoms with Gasteiger partial charge in [-0.1, -0.05) is 24.4 Å². The molecule has 0 unspecified atom stereocenters. The van der Waals surface area contributed by atoms with Crippen LogP contribution in [-0.2, 0) is 0 Å². The van der Waals surface area contributed by atoms with E-state index in [0.717, 1.165) is 22.9 Å². The molecular formula is C13H16BrClN2O. The maximum absolute atomic E-state index is 11.8. The van der Waals surface area contributed by atoms with Gasteiger partial charge < -0.3 is 10.6 Å². The maximum Gasteiger partial charge on any atom is 0.319 e. The van der Waals surface area contributed by atoms with Gasteiger partial charge >= 0.3 is 6.03 Å². The first-order valence-electron chi connectivity index (χ1n) is 6.09. The molecular weight excluding hydrogens is 316 g/mol. The molecule has 0 atom stereocenters. The lowest BCUT2D eigenvalue weighted by molar-refractivity contribution is 0.248. The molecule has 0 heterocycles. The third-order valence-electron chi connectivity index (χ3n) is 3.19. The predicted molar refractivity (Wildman–Crippen MR) is 78.3 cm³/mol. The highest BCUT2D eigenvalue weighted by Gasteiger charge is 2.17. The number of urea groups is 1. The second-order valence-electron chi connectivity index (χ2n) is 4.66. The number of aryl methyl sites for hydroxylation is 1. The topological polar surface area (TPSA) is 41.1 Å². The zero-order chi connectivity index (χ0) is 13.1. The van der Waals surface area contributed by atoms with Crippen molar-refractivity contribution in [2.24, 2.45) is 0 Å². The largest absolute Gasteiger partial charge is 0.335 e. The summed E-state index contributed by atoms with van der Waals surface area (Å²) >= 11 is 9.47. The van der Waals surface area contributed by atoms with E-state index >= 15 is 0 Å². The minimum Gasteiger partial charge on any atom is -0.335 e. The summed E-state index contributed by atoms with van der Waals surface area (Å²) in [5, 5.41) is 6.45. The van der Waals surface area contributed by atoms with Crippen molar-refractivity contribution in [1.82, 2.24) is 5.32 Å². The van der Waals surface area contributed by atoms with Gasteiger partial charge in [0.05, 0.1) is 5.69 Å². The quantitative estimate of drug-likeness (QED) is 0.824. The average molecular weight is 332 g/mol. The molecule has 1 aromatic carbocycles. The van der Waals surface area contributed by atoms with Gasteiger partial charge in [0, 0.05) is 15.5 Å². The summed E-state index contributed by atoms with van der Waals surface area (Å²) in [4.78, 5) is 11.8. The Morgan fingerprint density at radius 1 is 1.39 bits per heavy atom. The molecule has 98 valence electrons. The van der Waals surface area contributed by atoms with Crippen LogP contribution in [0.2, 0.25) is 5.02 Å². The fourth-order valence-electron chi connectivity index (χ4n) is 2.16. The number of rotatable bonds is 2. The third kappa shape index (κ3) is 3.39. The van der Waals surface area contributed by atoms with Crippen molar-refractivity contribution in [1.29, 1.82) is 0 Å². The third-order valence-corrected chi connectivity index (χ3v) is 4.25. The Hall–Kier alpha value is -0.740. The normalized spacial score (nSPS) is 15.7. The van der Waals surface area contributed by atoms with E-state index in [1.54, 1.807) is 6.07 Å². The first-order chi connectivity index (χ1) is 8.56. The predicted octanol–water partition coefficient (Wildman–Crippen LogP) is 4.48. The summed E-state index contributed by atoms with van der Waals surface area (Å²) in [5.41, 5.74) is 1.67. The Labute approximate surface area is 120 Å². The van der Waals surface area contributed by atoms with Gasteiger partial charge in [-0.15, -0.1) is 0 Å². The Kier molecular flexibility index (Phi) is 4.51. The van der Waals surface area contributed by atoms with Crippen LogP contribution >= 0.6 is 27.5 Å². The van der Waals surface area contributed by atoms with Gasteiger partial charge in [-0.2, -0.15) is 0 Å². The highest BCUT2D eigenvalue weighted by atomic mass is 79.9. The molecule has 1 aromatic rings. The molecule has 0 saturated heterocycles. The number of amides is 2. The van der Waals surface area contributed by atoms with Gasteiger partial charge in [-0.3, -0.25) is 0 Å². The van der Waals surface area contributed by atoms with Crippen LogP contribution in [0, 0.1) is 6.92 Å². The van der Waals surface area contributed by atoms with Crippen LogP contribution in [0.3, 0.4) is 0 Å². The van der Waals surface area contributed by atoms with Gasteiger partial charge in [-0.05, 0) is 53.4 Å². The van der Waals surface area contributed by atoms with Crippen LogP contribution in [0.15, 0.2) is 16.6 Å². The number of hydrogen-bond acceptors (Lipinski definition) is 1. The molecule has 1 aliphatic rings. The lowest BCUT2D eigenvalue weighted by Gasteiger charge is -2.14. The molecule has 1 aliphatic carbocycles. The molecule has 0 spiro atoms. The molecule has 0 aliphatic heterocycles. The lowest BCUT2D eigenvalue weighted by atomic mass is 10.2. The molecule has 2 N–H and O–H groups in total. The van der Waals surface area contributed by atoms with Crippen LogP contribution in [0.5, 0.6) is 0 Å². The Morgan fingerprint density at radius 3 is 2.72 bits per heavy atom. The van der Waals surface area contributed by atoms with Gasteiger partial charge in [-0.25, -0.2) is 4.79 Å². The summed E-state index contributed by atoms with van der Waals surface area (Å²) in [6.07, 6.45) is 4.54. The molecule has 1 saturated carbocycles. The number of nitrogens with one attached hydrogen (secondary N) is 2. The van der Waals surface area contributed by atoms with Crippen molar-refractivity contribution >= 4 is 39.2 Å². The first kappa shape index (κ1) is 13.7. The minimum atomic E-state index is -0.164. The van der Waals surface area contributed by atoms with Crippen LogP contribution in [0.4, 0.5) is 10.5 Å². The number of hydrogen-bond donors (Lipinski definition) is 2. The highest BCUT2D eigenvalue weighted by Crippen LogP contribution is 2.29. The van der Waals surface area contributed by atoms with Gasteiger partial charge in [0.1, 0.15) is 0 Å². The summed E-state index contributed by atoms with van der Waals surface area (Å²) in [6, 6.07) is 3.80. The molecule has 5 heteroatoms. The number of anilines is 1. The van der Waals surface area contributed by atoms with Crippen molar-refractivity contribution in [3.05, 3.63) is 27.2 Å². The zero-order valence-electron chi connectivity index (χ0n) is 10.2. The van der Waals surface area contributed by atoms with Crippen LogP contribution in [0.25, 0.3) is 0 Å². The Balaban J connectivity index is 2.00. The second kappa shape index (κ2) is 5.93. The van der Waals surface area contributed by atoms with Crippen molar-refractivity contribution in [2.75, 3.05) is 5.32 Å². The van der Waals surface area contributed by atoms with Crippen molar-refractivity contribution in [3.8, 4) is 0 Å². The lowest BCUT2D eigenvalue weighted by Crippen LogP contribution is -2.36. The van der Waals surface area contributed by atoms with E-state index in [-0.39, 0.29) is 6.03 Å². The summed E-state index contributed by atoms with van der Waals surface area (Å²) in [5.74, 6) is 0. The molecule has 18 heavy (non-hydrogen) atoms. The van der Waals surface area contributed by atoms with Crippen LogP contribution in [0.1, 0.15) is 31.2 Å². The van der Waals surface area contributed by atoms with Gasteiger partial charge in [0.15, 0.2) is 0 Å². The molecule has 3 nitrogen and oxygen atoms in total. The summed E-state index contributed by atoms with van der Waals surface area (Å²) in [7, 11) is 0. The standard InChI is InChI=1S/C13H16BrClN2O/c1-8-6-10(14)12(7-11(8)15)17-13(18)16-9-4-2-3-5-9/h6-7,9H,2-5H2,1H3,(H2,16,17,18). The van der Waals surface area contributed by atoms with E-state index in [4.69, 9.17) is 11.6 Å². The Bertz CT molecular complexity index is 459. The second-order valence-corrected chi connectivity index (χ2v) is 5.92.